The average molecular weight is 233 g/mol. The molecule has 0 atom stereocenters. The van der Waals surface area contributed by atoms with Crippen molar-refractivity contribution in [3.8, 4) is 11.3 Å². The standard InChI is InChI=1S/C14H16FNO/c1-2-3-8-16-13-7-6-11(10-12(13)15)14-5-4-9-17-14/h4-7,9-10,16H,2-3,8H2,1H3. The second-order valence-corrected chi connectivity index (χ2v) is 3.95. The van der Waals surface area contributed by atoms with E-state index in [4.69, 9.17) is 4.42 Å². The molecule has 0 amide bonds. The number of hydrogen-bond donors (Lipinski definition) is 1. The summed E-state index contributed by atoms with van der Waals surface area (Å²) in [5.41, 5.74) is 1.31. The Morgan fingerprint density at radius 3 is 2.82 bits per heavy atom. The number of anilines is 1. The normalized spacial score (nSPS) is 10.5. The van der Waals surface area contributed by atoms with Gasteiger partial charge in [-0.1, -0.05) is 13.3 Å². The van der Waals surface area contributed by atoms with E-state index >= 15 is 0 Å². The van der Waals surface area contributed by atoms with Gasteiger partial charge in [-0.15, -0.1) is 0 Å². The van der Waals surface area contributed by atoms with Crippen LogP contribution in [0.15, 0.2) is 41.0 Å². The van der Waals surface area contributed by atoms with Crippen molar-refractivity contribution in [2.45, 2.75) is 19.8 Å². The van der Waals surface area contributed by atoms with Gasteiger partial charge in [-0.3, -0.25) is 0 Å². The van der Waals surface area contributed by atoms with E-state index in [1.54, 1.807) is 18.4 Å². The third-order valence-electron chi connectivity index (χ3n) is 2.62. The summed E-state index contributed by atoms with van der Waals surface area (Å²) < 4.78 is 19.0. The van der Waals surface area contributed by atoms with Crippen molar-refractivity contribution in [1.29, 1.82) is 0 Å². The van der Waals surface area contributed by atoms with Gasteiger partial charge in [0.2, 0.25) is 0 Å². The van der Waals surface area contributed by atoms with E-state index in [9.17, 15) is 4.39 Å². The predicted octanol–water partition coefficient (Wildman–Crippen LogP) is 4.30. The molecule has 3 heteroatoms. The molecule has 0 aliphatic heterocycles. The first-order valence-corrected chi connectivity index (χ1v) is 5.88. The summed E-state index contributed by atoms with van der Waals surface area (Å²) in [5.74, 6) is 0.444. The third kappa shape index (κ3) is 2.87. The summed E-state index contributed by atoms with van der Waals surface area (Å²) in [6.07, 6.45) is 3.72. The molecule has 2 aromatic rings. The van der Waals surface area contributed by atoms with Gasteiger partial charge in [0.05, 0.1) is 12.0 Å². The van der Waals surface area contributed by atoms with Crippen molar-refractivity contribution in [2.24, 2.45) is 0 Å². The van der Waals surface area contributed by atoms with E-state index < -0.39 is 0 Å². The SMILES string of the molecule is CCCCNc1ccc(-c2ccco2)cc1F. The molecule has 1 aromatic carbocycles. The molecule has 0 bridgehead atoms. The topological polar surface area (TPSA) is 25.2 Å². The first-order chi connectivity index (χ1) is 8.31. The fraction of sp³-hybridized carbons (Fsp3) is 0.286. The minimum absolute atomic E-state index is 0.241. The summed E-state index contributed by atoms with van der Waals surface area (Å²) in [6, 6.07) is 8.71. The van der Waals surface area contributed by atoms with Crippen LogP contribution in [0.5, 0.6) is 0 Å². The van der Waals surface area contributed by atoms with E-state index in [0.29, 0.717) is 11.4 Å². The summed E-state index contributed by atoms with van der Waals surface area (Å²) >= 11 is 0. The predicted molar refractivity (Wildman–Crippen MR) is 67.5 cm³/mol. The van der Waals surface area contributed by atoms with E-state index in [0.717, 1.165) is 24.9 Å². The lowest BCUT2D eigenvalue weighted by atomic mass is 10.1. The Kier molecular flexibility index (Phi) is 3.81. The highest BCUT2D eigenvalue weighted by Gasteiger charge is 2.06. The van der Waals surface area contributed by atoms with Crippen LogP contribution >= 0.6 is 0 Å². The van der Waals surface area contributed by atoms with Gasteiger partial charge in [-0.25, -0.2) is 4.39 Å². The molecule has 0 aliphatic carbocycles. The molecular weight excluding hydrogens is 217 g/mol. The number of hydrogen-bond acceptors (Lipinski definition) is 2. The van der Waals surface area contributed by atoms with Gasteiger partial charge in [0.1, 0.15) is 11.6 Å². The Labute approximate surface area is 100 Å². The number of halogens is 1. The van der Waals surface area contributed by atoms with Crippen LogP contribution in [0.25, 0.3) is 11.3 Å². The van der Waals surface area contributed by atoms with Crippen LogP contribution in [0.2, 0.25) is 0 Å². The number of furan rings is 1. The molecule has 0 aliphatic rings. The van der Waals surface area contributed by atoms with Crippen LogP contribution in [0.1, 0.15) is 19.8 Å². The minimum atomic E-state index is -0.241. The van der Waals surface area contributed by atoms with Crippen molar-refractivity contribution >= 4 is 5.69 Å². The first-order valence-electron chi connectivity index (χ1n) is 5.88. The number of nitrogens with one attached hydrogen (secondary N) is 1. The molecule has 1 heterocycles. The largest absolute Gasteiger partial charge is 0.464 e. The summed E-state index contributed by atoms with van der Waals surface area (Å²) in [5, 5.41) is 3.08. The summed E-state index contributed by atoms with van der Waals surface area (Å²) in [4.78, 5) is 0. The van der Waals surface area contributed by atoms with E-state index in [1.165, 1.54) is 6.07 Å². The van der Waals surface area contributed by atoms with Gasteiger partial charge in [0.15, 0.2) is 0 Å². The van der Waals surface area contributed by atoms with Gasteiger partial charge in [-0.05, 0) is 36.8 Å². The lowest BCUT2D eigenvalue weighted by Gasteiger charge is -2.07. The monoisotopic (exact) mass is 233 g/mol. The Morgan fingerprint density at radius 2 is 2.18 bits per heavy atom. The maximum Gasteiger partial charge on any atom is 0.147 e. The smallest absolute Gasteiger partial charge is 0.147 e. The Balaban J connectivity index is 2.12. The van der Waals surface area contributed by atoms with Crippen molar-refractivity contribution < 1.29 is 8.81 Å². The van der Waals surface area contributed by atoms with E-state index in [1.807, 2.05) is 12.1 Å². The zero-order valence-corrected chi connectivity index (χ0v) is 9.87. The van der Waals surface area contributed by atoms with Crippen molar-refractivity contribution in [1.82, 2.24) is 0 Å². The average Bonchev–Trinajstić information content (AvgIpc) is 2.85. The second-order valence-electron chi connectivity index (χ2n) is 3.95. The van der Waals surface area contributed by atoms with E-state index in [-0.39, 0.29) is 5.82 Å². The molecule has 0 unspecified atom stereocenters. The van der Waals surface area contributed by atoms with Crippen molar-refractivity contribution in [3.05, 3.63) is 42.4 Å². The van der Waals surface area contributed by atoms with Crippen LogP contribution in [0, 0.1) is 5.82 Å². The molecule has 0 radical (unpaired) electrons. The highest BCUT2D eigenvalue weighted by molar-refractivity contribution is 5.61. The second kappa shape index (κ2) is 5.53. The highest BCUT2D eigenvalue weighted by Crippen LogP contribution is 2.24. The molecule has 90 valence electrons. The molecule has 17 heavy (non-hydrogen) atoms. The molecule has 0 fully saturated rings. The lowest BCUT2D eigenvalue weighted by Crippen LogP contribution is -2.02. The van der Waals surface area contributed by atoms with Gasteiger partial charge < -0.3 is 9.73 Å². The van der Waals surface area contributed by atoms with Gasteiger partial charge in [0.25, 0.3) is 0 Å². The van der Waals surface area contributed by atoms with Crippen LogP contribution in [-0.4, -0.2) is 6.54 Å². The minimum Gasteiger partial charge on any atom is -0.464 e. The van der Waals surface area contributed by atoms with Crippen molar-refractivity contribution in [2.75, 3.05) is 11.9 Å². The maximum atomic E-state index is 13.8. The van der Waals surface area contributed by atoms with Gasteiger partial charge in [0, 0.05) is 12.1 Å². The van der Waals surface area contributed by atoms with E-state index in [2.05, 4.69) is 12.2 Å². The van der Waals surface area contributed by atoms with Crippen LogP contribution in [0.3, 0.4) is 0 Å². The molecule has 1 N–H and O–H groups in total. The fourth-order valence-corrected chi connectivity index (χ4v) is 1.65. The first kappa shape index (κ1) is 11.7. The Hall–Kier alpha value is -1.77. The number of benzene rings is 1. The molecule has 0 spiro atoms. The molecule has 2 rings (SSSR count). The Bertz CT molecular complexity index is 465. The van der Waals surface area contributed by atoms with Gasteiger partial charge >= 0.3 is 0 Å². The van der Waals surface area contributed by atoms with Crippen LogP contribution < -0.4 is 5.32 Å². The molecule has 0 saturated carbocycles. The molecule has 0 saturated heterocycles. The Morgan fingerprint density at radius 1 is 1.29 bits per heavy atom. The third-order valence-corrected chi connectivity index (χ3v) is 2.62. The number of unbranched alkanes of at least 4 members (excludes halogenated alkanes) is 1. The quantitative estimate of drug-likeness (QED) is 0.779. The lowest BCUT2D eigenvalue weighted by molar-refractivity contribution is 0.580. The fourth-order valence-electron chi connectivity index (χ4n) is 1.65. The maximum absolute atomic E-state index is 13.8. The molecule has 2 nitrogen and oxygen atoms in total. The zero-order valence-electron chi connectivity index (χ0n) is 9.87. The van der Waals surface area contributed by atoms with Gasteiger partial charge in [-0.2, -0.15) is 0 Å². The summed E-state index contributed by atoms with van der Waals surface area (Å²) in [6.45, 7) is 2.91. The van der Waals surface area contributed by atoms with Crippen molar-refractivity contribution in [3.63, 3.8) is 0 Å². The van der Waals surface area contributed by atoms with Crippen LogP contribution in [-0.2, 0) is 0 Å². The zero-order chi connectivity index (χ0) is 12.1. The number of rotatable bonds is 5. The molecular formula is C14H16FNO. The summed E-state index contributed by atoms with van der Waals surface area (Å²) in [7, 11) is 0. The van der Waals surface area contributed by atoms with Crippen LogP contribution in [0.4, 0.5) is 10.1 Å². The molecule has 1 aromatic heterocycles. The highest BCUT2D eigenvalue weighted by atomic mass is 19.1.